The zero-order valence-electron chi connectivity index (χ0n) is 15.7. The zero-order valence-corrected chi connectivity index (χ0v) is 16.6. The number of anilines is 2. The first-order valence-corrected chi connectivity index (χ1v) is 11.0. The standard InChI is InChI=1S/C21H21N5O2S/c22-21-13-24-19(12-25-21)17-8-7-14-10-18(17)23-11-15-4-3-9-26(15)29(27,28)20-6-2-1-5-16(14)20/h1-2,5-8,10,12-13,15,23H,3-4,9,11H2,(H2,22,25)/t15-/m0/s1. The summed E-state index contributed by atoms with van der Waals surface area (Å²) in [6.45, 7) is 1.09. The molecule has 0 radical (unpaired) electrons. The maximum Gasteiger partial charge on any atom is 0.244 e. The second kappa shape index (κ2) is 6.82. The van der Waals surface area contributed by atoms with E-state index in [0.29, 0.717) is 29.4 Å². The van der Waals surface area contributed by atoms with Crippen LogP contribution in [0.4, 0.5) is 11.5 Å². The molecule has 3 aromatic rings. The van der Waals surface area contributed by atoms with Gasteiger partial charge in [-0.3, -0.25) is 4.98 Å². The molecule has 1 fully saturated rings. The molecular formula is C21H21N5O2S. The van der Waals surface area contributed by atoms with E-state index in [1.807, 2.05) is 30.3 Å². The van der Waals surface area contributed by atoms with Gasteiger partial charge in [-0.15, -0.1) is 0 Å². The van der Waals surface area contributed by atoms with Crippen LogP contribution in [-0.4, -0.2) is 41.8 Å². The van der Waals surface area contributed by atoms with Crippen LogP contribution in [0.5, 0.6) is 0 Å². The van der Waals surface area contributed by atoms with Crippen LogP contribution < -0.4 is 11.1 Å². The van der Waals surface area contributed by atoms with E-state index in [4.69, 9.17) is 5.73 Å². The molecule has 0 amide bonds. The summed E-state index contributed by atoms with van der Waals surface area (Å²) < 4.78 is 28.5. The Hall–Kier alpha value is -2.97. The molecule has 8 heteroatoms. The fourth-order valence-electron chi connectivity index (χ4n) is 4.17. The molecule has 0 spiro atoms. The van der Waals surface area contributed by atoms with Crippen LogP contribution in [0, 0.1) is 0 Å². The van der Waals surface area contributed by atoms with Crippen molar-refractivity contribution in [3.63, 3.8) is 0 Å². The van der Waals surface area contributed by atoms with Gasteiger partial charge in [0, 0.05) is 35.9 Å². The Bertz CT molecular complexity index is 1180. The highest BCUT2D eigenvalue weighted by molar-refractivity contribution is 7.89. The quantitative estimate of drug-likeness (QED) is 0.643. The van der Waals surface area contributed by atoms with Gasteiger partial charge < -0.3 is 11.1 Å². The van der Waals surface area contributed by atoms with Gasteiger partial charge in [-0.25, -0.2) is 13.4 Å². The van der Waals surface area contributed by atoms with Gasteiger partial charge in [-0.1, -0.05) is 30.3 Å². The van der Waals surface area contributed by atoms with Gasteiger partial charge in [-0.2, -0.15) is 4.31 Å². The van der Waals surface area contributed by atoms with Crippen LogP contribution in [-0.2, 0) is 10.0 Å². The van der Waals surface area contributed by atoms with Crippen LogP contribution in [0.1, 0.15) is 12.8 Å². The van der Waals surface area contributed by atoms with Gasteiger partial charge in [0.05, 0.1) is 23.0 Å². The van der Waals surface area contributed by atoms with Crippen molar-refractivity contribution in [1.82, 2.24) is 14.3 Å². The van der Waals surface area contributed by atoms with E-state index in [0.717, 1.165) is 35.3 Å². The number of nitrogen functional groups attached to an aromatic ring is 1. The van der Waals surface area contributed by atoms with Crippen LogP contribution in [0.25, 0.3) is 22.4 Å². The normalized spacial score (nSPS) is 20.3. The minimum atomic E-state index is -3.56. The second-order valence-corrected chi connectivity index (χ2v) is 9.23. The molecule has 148 valence electrons. The zero-order chi connectivity index (χ0) is 20.0. The number of aromatic nitrogens is 2. The van der Waals surface area contributed by atoms with Gasteiger partial charge in [0.2, 0.25) is 10.0 Å². The summed E-state index contributed by atoms with van der Waals surface area (Å²) in [7, 11) is -3.56. The van der Waals surface area contributed by atoms with Gasteiger partial charge in [0.1, 0.15) is 5.82 Å². The lowest BCUT2D eigenvalue weighted by atomic mass is 10.0. The molecule has 1 atom stereocenters. The van der Waals surface area contributed by atoms with Crippen molar-refractivity contribution in [2.45, 2.75) is 23.8 Å². The summed E-state index contributed by atoms with van der Waals surface area (Å²) >= 11 is 0. The van der Waals surface area contributed by atoms with Gasteiger partial charge in [0.25, 0.3) is 0 Å². The van der Waals surface area contributed by atoms with E-state index in [9.17, 15) is 8.42 Å². The number of nitrogens with two attached hydrogens (primary N) is 1. The molecule has 0 saturated carbocycles. The Labute approximate surface area is 169 Å². The molecule has 0 aliphatic carbocycles. The molecular weight excluding hydrogens is 386 g/mol. The number of fused-ring (bicyclic) bond motifs is 5. The minimum Gasteiger partial charge on any atom is -0.383 e. The van der Waals surface area contributed by atoms with E-state index < -0.39 is 10.0 Å². The third kappa shape index (κ3) is 3.04. The Morgan fingerprint density at radius 3 is 2.76 bits per heavy atom. The van der Waals surface area contributed by atoms with E-state index >= 15 is 0 Å². The van der Waals surface area contributed by atoms with Gasteiger partial charge >= 0.3 is 0 Å². The third-order valence-electron chi connectivity index (χ3n) is 5.60. The predicted molar refractivity (Wildman–Crippen MR) is 113 cm³/mol. The SMILES string of the molecule is Nc1cnc(-c2ccc3cc2NC[C@@H]2CCCN2S(=O)(=O)c2ccccc2-3)cn1. The molecule has 1 saturated heterocycles. The first-order chi connectivity index (χ1) is 14.0. The highest BCUT2D eigenvalue weighted by Crippen LogP contribution is 2.38. The predicted octanol–water partition coefficient (Wildman–Crippen LogP) is 2.97. The topological polar surface area (TPSA) is 101 Å². The number of benzene rings is 2. The molecule has 3 heterocycles. The second-order valence-electron chi connectivity index (χ2n) is 7.38. The molecule has 7 nitrogen and oxygen atoms in total. The highest BCUT2D eigenvalue weighted by Gasteiger charge is 2.37. The van der Waals surface area contributed by atoms with E-state index in [1.54, 1.807) is 22.6 Å². The lowest BCUT2D eigenvalue weighted by Crippen LogP contribution is -2.40. The number of nitrogens with one attached hydrogen (secondary N) is 1. The van der Waals surface area contributed by atoms with Gasteiger partial charge in [0.15, 0.2) is 0 Å². The molecule has 0 unspecified atom stereocenters. The lowest BCUT2D eigenvalue weighted by molar-refractivity contribution is 0.399. The average molecular weight is 407 g/mol. The number of sulfonamides is 1. The third-order valence-corrected chi connectivity index (χ3v) is 7.61. The molecule has 29 heavy (non-hydrogen) atoms. The minimum absolute atomic E-state index is 0.0832. The average Bonchev–Trinajstić information content (AvgIpc) is 3.22. The first-order valence-electron chi connectivity index (χ1n) is 9.61. The van der Waals surface area contributed by atoms with E-state index in [2.05, 4.69) is 15.3 Å². The number of hydrogen-bond acceptors (Lipinski definition) is 6. The van der Waals surface area contributed by atoms with Crippen molar-refractivity contribution < 1.29 is 8.42 Å². The summed E-state index contributed by atoms with van der Waals surface area (Å²) in [6.07, 6.45) is 4.89. The maximum atomic E-state index is 13.4. The van der Waals surface area contributed by atoms with E-state index in [1.165, 1.54) is 6.20 Å². The molecule has 1 aromatic heterocycles. The smallest absolute Gasteiger partial charge is 0.244 e. The fraction of sp³-hybridized carbons (Fsp3) is 0.238. The van der Waals surface area contributed by atoms with E-state index in [-0.39, 0.29) is 6.04 Å². The molecule has 2 aromatic carbocycles. The summed E-state index contributed by atoms with van der Waals surface area (Å²) in [5.41, 5.74) is 9.76. The molecule has 5 rings (SSSR count). The van der Waals surface area contributed by atoms with Crippen molar-refractivity contribution in [3.8, 4) is 22.4 Å². The van der Waals surface area contributed by atoms with Crippen LogP contribution in [0.15, 0.2) is 59.8 Å². The number of rotatable bonds is 1. The Morgan fingerprint density at radius 1 is 1.07 bits per heavy atom. The van der Waals surface area contributed by atoms with Crippen molar-refractivity contribution >= 4 is 21.5 Å². The summed E-state index contributed by atoms with van der Waals surface area (Å²) in [5, 5.41) is 3.47. The Kier molecular flexibility index (Phi) is 4.25. The Morgan fingerprint density at radius 2 is 1.93 bits per heavy atom. The molecule has 2 aliphatic heterocycles. The molecule has 3 N–H and O–H groups in total. The van der Waals surface area contributed by atoms with Crippen molar-refractivity contribution in [2.75, 3.05) is 24.1 Å². The lowest BCUT2D eigenvalue weighted by Gasteiger charge is -2.28. The molecule has 2 bridgehead atoms. The molecule has 2 aliphatic rings. The first kappa shape index (κ1) is 18.1. The van der Waals surface area contributed by atoms with Crippen molar-refractivity contribution in [2.24, 2.45) is 0 Å². The fourth-order valence-corrected chi connectivity index (χ4v) is 6.08. The van der Waals surface area contributed by atoms with Crippen LogP contribution >= 0.6 is 0 Å². The van der Waals surface area contributed by atoms with Crippen LogP contribution in [0.3, 0.4) is 0 Å². The monoisotopic (exact) mass is 407 g/mol. The Balaban J connectivity index is 1.72. The highest BCUT2D eigenvalue weighted by atomic mass is 32.2. The summed E-state index contributed by atoms with van der Waals surface area (Å²) in [4.78, 5) is 8.92. The van der Waals surface area contributed by atoms with Crippen molar-refractivity contribution in [3.05, 3.63) is 54.9 Å². The number of nitrogens with zero attached hydrogens (tertiary/aromatic N) is 3. The largest absolute Gasteiger partial charge is 0.383 e. The van der Waals surface area contributed by atoms with Gasteiger partial charge in [-0.05, 0) is 30.5 Å². The van der Waals surface area contributed by atoms with Crippen LogP contribution in [0.2, 0.25) is 0 Å². The summed E-state index contributed by atoms with van der Waals surface area (Å²) in [6, 6.07) is 13.0. The van der Waals surface area contributed by atoms with Crippen molar-refractivity contribution in [1.29, 1.82) is 0 Å². The maximum absolute atomic E-state index is 13.4. The summed E-state index contributed by atoms with van der Waals surface area (Å²) in [5.74, 6) is 0.370. The number of hydrogen-bond donors (Lipinski definition) is 2.